The quantitative estimate of drug-likeness (QED) is 0.230. The van der Waals surface area contributed by atoms with E-state index in [1.165, 1.54) is 6.92 Å². The second-order valence-electron chi connectivity index (χ2n) is 0.453. The molecule has 0 aromatic carbocycles. The van der Waals surface area contributed by atoms with Gasteiger partial charge in [0.1, 0.15) is 6.29 Å². The van der Waals surface area contributed by atoms with E-state index in [4.69, 9.17) is 18.1 Å². The van der Waals surface area contributed by atoms with Gasteiger partial charge in [-0.3, -0.25) is 0 Å². The Labute approximate surface area is 84.2 Å². The van der Waals surface area contributed by atoms with Crippen molar-refractivity contribution in [1.29, 1.82) is 0 Å². The van der Waals surface area contributed by atoms with Crippen LogP contribution in [0.25, 0.3) is 0 Å². The molecule has 0 aliphatic heterocycles. The summed E-state index contributed by atoms with van der Waals surface area (Å²) in [6.45, 7) is 1.44. The number of hydrogen-bond acceptors (Lipinski definition) is 3. The number of halogens is 1. The molecule has 1 N–H and O–H groups in total. The first-order valence-electron chi connectivity index (χ1n) is 1.33. The van der Waals surface area contributed by atoms with Gasteiger partial charge in [-0.2, -0.15) is 0 Å². The third-order valence-electron chi connectivity index (χ3n) is 0. The van der Waals surface area contributed by atoms with Crippen molar-refractivity contribution in [2.24, 2.45) is 0 Å². The molecule has 1 atom stereocenters. The maximum Gasteiger partial charge on any atom is 1.00 e. The monoisotopic (exact) mass is 183 g/mol. The van der Waals surface area contributed by atoms with Crippen molar-refractivity contribution in [1.82, 2.24) is 0 Å². The molecule has 4 nitrogen and oxygen atoms in total. The topological polar surface area (TPSA) is 77.4 Å². The van der Waals surface area contributed by atoms with E-state index in [-0.39, 0.29) is 42.0 Å². The Bertz CT molecular complexity index is 65.6. The molecule has 0 aliphatic carbocycles. The van der Waals surface area contributed by atoms with Crippen LogP contribution in [0.5, 0.6) is 0 Å². The normalized spacial score (nSPS) is 8.33. The van der Waals surface area contributed by atoms with Gasteiger partial charge in [-0.05, 0) is 6.92 Å². The predicted molar refractivity (Wildman–Crippen MR) is 23.3 cm³/mol. The standard InChI is InChI=1S/C2H4O.ClH.Na.H2O3S/c1-2-3;;;1-4(2)3/h2H,1H3;1H;;(H2,1,2,3)/q;;+1;/p-2. The summed E-state index contributed by atoms with van der Waals surface area (Å²) in [7, 11) is 0. The second kappa shape index (κ2) is 23.0. The number of hydrogen-bond donors (Lipinski definition) is 1. The smallest absolute Gasteiger partial charge is 1.00 e. The second-order valence-corrected chi connectivity index (χ2v) is 0.887. The molecule has 7 heteroatoms. The Morgan fingerprint density at radius 3 is 1.67 bits per heavy atom. The molecule has 0 saturated heterocycles. The number of carbonyl (C=O) groups excluding carboxylic acids is 1. The SMILES string of the molecule is CC=O.O=S([O-])O.[Cl-].[Na+]. The molecule has 0 rings (SSSR count). The molecule has 9 heavy (non-hydrogen) atoms. The molecule has 0 spiro atoms. The third-order valence-corrected chi connectivity index (χ3v) is 0. The van der Waals surface area contributed by atoms with Crippen LogP contribution in [0.3, 0.4) is 0 Å². The minimum absolute atomic E-state index is 0. The van der Waals surface area contributed by atoms with Crippen molar-refractivity contribution in [2.45, 2.75) is 6.92 Å². The van der Waals surface area contributed by atoms with Gasteiger partial charge in [-0.25, -0.2) is 4.21 Å². The Morgan fingerprint density at radius 1 is 1.67 bits per heavy atom. The first-order chi connectivity index (χ1) is 3.15. The van der Waals surface area contributed by atoms with Crippen LogP contribution < -0.4 is 42.0 Å². The molecule has 0 saturated carbocycles. The summed E-state index contributed by atoms with van der Waals surface area (Å²) in [5.41, 5.74) is 0. The fraction of sp³-hybridized carbons (Fsp3) is 0.500. The summed E-state index contributed by atoms with van der Waals surface area (Å²) in [6, 6.07) is 0. The zero-order chi connectivity index (χ0) is 6.28. The Balaban J connectivity index is -0.0000000233. The molecule has 0 aliphatic rings. The maximum absolute atomic E-state index is 8.81. The van der Waals surface area contributed by atoms with E-state index in [0.717, 1.165) is 6.29 Å². The van der Waals surface area contributed by atoms with Crippen LogP contribution in [-0.2, 0) is 16.2 Å². The zero-order valence-corrected chi connectivity index (χ0v) is 8.61. The van der Waals surface area contributed by atoms with Gasteiger partial charge in [0, 0.05) is 0 Å². The van der Waals surface area contributed by atoms with E-state index < -0.39 is 11.4 Å². The molecule has 0 aromatic rings. The van der Waals surface area contributed by atoms with Crippen molar-refractivity contribution in [3.8, 4) is 0 Å². The molecule has 0 fully saturated rings. The minimum atomic E-state index is -2.86. The Morgan fingerprint density at radius 2 is 1.67 bits per heavy atom. The van der Waals surface area contributed by atoms with Gasteiger partial charge in [0.2, 0.25) is 0 Å². The summed E-state index contributed by atoms with van der Waals surface area (Å²) < 4.78 is 24.1. The largest absolute Gasteiger partial charge is 1.00 e. The van der Waals surface area contributed by atoms with E-state index in [1.54, 1.807) is 0 Å². The molecule has 0 bridgehead atoms. The molecule has 0 heterocycles. The van der Waals surface area contributed by atoms with Crippen LogP contribution in [-0.4, -0.2) is 19.6 Å². The van der Waals surface area contributed by atoms with Gasteiger partial charge < -0.3 is 26.3 Å². The van der Waals surface area contributed by atoms with Gasteiger partial charge in [0.25, 0.3) is 0 Å². The average Bonchev–Trinajstić information content (AvgIpc) is 1.33. The van der Waals surface area contributed by atoms with E-state index in [2.05, 4.69) is 0 Å². The molecule has 52 valence electrons. The van der Waals surface area contributed by atoms with Gasteiger partial charge in [-0.15, -0.1) is 0 Å². The van der Waals surface area contributed by atoms with E-state index in [0.29, 0.717) is 0 Å². The summed E-state index contributed by atoms with van der Waals surface area (Å²) in [4.78, 5) is 8.81. The van der Waals surface area contributed by atoms with Crippen molar-refractivity contribution in [3.05, 3.63) is 0 Å². The van der Waals surface area contributed by atoms with Crippen LogP contribution in [0.15, 0.2) is 0 Å². The number of carbonyl (C=O) groups is 1. The average molecular weight is 184 g/mol. The first kappa shape index (κ1) is 22.5. The van der Waals surface area contributed by atoms with Gasteiger partial charge in [0.15, 0.2) is 0 Å². The Hall–Kier alpha value is 1.03. The Kier molecular flexibility index (Phi) is 57.5. The van der Waals surface area contributed by atoms with E-state index >= 15 is 0 Å². The van der Waals surface area contributed by atoms with Crippen molar-refractivity contribution < 1.29 is 60.1 Å². The van der Waals surface area contributed by atoms with Gasteiger partial charge in [0.05, 0.1) is 11.4 Å². The first-order valence-corrected chi connectivity index (χ1v) is 2.36. The van der Waals surface area contributed by atoms with Crippen molar-refractivity contribution >= 4 is 17.6 Å². The fourth-order valence-electron chi connectivity index (χ4n) is 0. The summed E-state index contributed by atoms with van der Waals surface area (Å²) in [5.74, 6) is 0. The van der Waals surface area contributed by atoms with Gasteiger partial charge in [-0.1, -0.05) is 0 Å². The summed E-state index contributed by atoms with van der Waals surface area (Å²) in [5, 5.41) is 0. The molecule has 1 unspecified atom stereocenters. The molecule has 0 radical (unpaired) electrons. The van der Waals surface area contributed by atoms with Crippen LogP contribution in [0.2, 0.25) is 0 Å². The van der Waals surface area contributed by atoms with Crippen molar-refractivity contribution in [3.63, 3.8) is 0 Å². The van der Waals surface area contributed by atoms with Crippen molar-refractivity contribution in [2.75, 3.05) is 0 Å². The molecular weight excluding hydrogens is 179 g/mol. The maximum atomic E-state index is 8.81. The predicted octanol–water partition coefficient (Wildman–Crippen LogP) is -6.45. The molecular formula is C2H5ClNaO4S-. The zero-order valence-electron chi connectivity index (χ0n) is 5.04. The summed E-state index contributed by atoms with van der Waals surface area (Å²) >= 11 is -2.86. The summed E-state index contributed by atoms with van der Waals surface area (Å²) in [6.07, 6.45) is 0.750. The van der Waals surface area contributed by atoms with Crippen LogP contribution in [0.1, 0.15) is 6.92 Å². The molecule has 0 amide bonds. The molecule has 0 aromatic heterocycles. The van der Waals surface area contributed by atoms with Crippen LogP contribution in [0.4, 0.5) is 0 Å². The van der Waals surface area contributed by atoms with E-state index in [9.17, 15) is 0 Å². The number of aldehydes is 1. The van der Waals surface area contributed by atoms with Crippen LogP contribution >= 0.6 is 0 Å². The van der Waals surface area contributed by atoms with Gasteiger partial charge >= 0.3 is 29.6 Å². The minimum Gasteiger partial charge on any atom is -1.00 e. The van der Waals surface area contributed by atoms with E-state index in [1.807, 2.05) is 0 Å². The number of rotatable bonds is 0. The third kappa shape index (κ3) is 421. The fourth-order valence-corrected chi connectivity index (χ4v) is 0. The van der Waals surface area contributed by atoms with Crippen LogP contribution in [0, 0.1) is 0 Å².